The summed E-state index contributed by atoms with van der Waals surface area (Å²) in [6, 6.07) is 0. The number of aliphatic hydroxyl groups excluding tert-OH is 1. The first-order valence-corrected chi connectivity index (χ1v) is 13.3. The monoisotopic (exact) mass is 566 g/mol. The molecule has 1 aliphatic heterocycles. The van der Waals surface area contributed by atoms with E-state index in [2.05, 4.69) is 6.58 Å². The van der Waals surface area contributed by atoms with E-state index in [1.807, 2.05) is 0 Å². The number of aliphatic hydroxyl groups is 2. The van der Waals surface area contributed by atoms with Gasteiger partial charge in [0, 0.05) is 57.8 Å². The molecule has 4 fully saturated rings. The predicted molar refractivity (Wildman–Crippen MR) is 134 cm³/mol. The summed E-state index contributed by atoms with van der Waals surface area (Å²) in [7, 11) is 0. The summed E-state index contributed by atoms with van der Waals surface area (Å²) in [5.41, 5.74) is -6.99. The predicted octanol–water partition coefficient (Wildman–Crippen LogP) is 0.785. The van der Waals surface area contributed by atoms with E-state index in [9.17, 15) is 34.2 Å². The Hall–Kier alpha value is -2.83. The number of Topliss-reactive ketones (excluding diaryl/α,β-unsaturated/α-hetero) is 1. The highest BCUT2D eigenvalue weighted by atomic mass is 16.6. The molecule has 0 aromatic rings. The van der Waals surface area contributed by atoms with Crippen LogP contribution in [0.5, 0.6) is 0 Å². The molecule has 0 spiro atoms. The molecule has 4 rings (SSSR count). The molecule has 222 valence electrons. The van der Waals surface area contributed by atoms with Crippen molar-refractivity contribution in [3.05, 3.63) is 12.2 Å². The second-order valence-corrected chi connectivity index (χ2v) is 12.1. The Balaban J connectivity index is 2.15. The van der Waals surface area contributed by atoms with Crippen LogP contribution >= 0.6 is 0 Å². The van der Waals surface area contributed by atoms with Gasteiger partial charge in [-0.15, -0.1) is 0 Å². The van der Waals surface area contributed by atoms with Crippen molar-refractivity contribution in [2.75, 3.05) is 6.61 Å². The zero-order chi connectivity index (χ0) is 30.2. The lowest BCUT2D eigenvalue weighted by molar-refractivity contribution is -0.295. The van der Waals surface area contributed by atoms with Gasteiger partial charge in [0.1, 0.15) is 17.8 Å². The highest BCUT2D eigenvalue weighted by Crippen LogP contribution is 2.67. The molecule has 0 unspecified atom stereocenters. The van der Waals surface area contributed by atoms with Crippen molar-refractivity contribution < 1.29 is 57.9 Å². The first-order valence-electron chi connectivity index (χ1n) is 13.3. The summed E-state index contributed by atoms with van der Waals surface area (Å²) >= 11 is 0. The zero-order valence-corrected chi connectivity index (χ0v) is 23.8. The molecule has 0 aromatic heterocycles. The van der Waals surface area contributed by atoms with Gasteiger partial charge < -0.3 is 33.9 Å². The van der Waals surface area contributed by atoms with Gasteiger partial charge in [0.15, 0.2) is 23.6 Å². The Kier molecular flexibility index (Phi) is 7.25. The minimum Gasteiger partial charge on any atom is -0.462 e. The topological polar surface area (TPSA) is 172 Å². The van der Waals surface area contributed by atoms with Crippen molar-refractivity contribution >= 4 is 29.7 Å². The minimum absolute atomic E-state index is 0.171. The Morgan fingerprint density at radius 1 is 0.900 bits per heavy atom. The second-order valence-electron chi connectivity index (χ2n) is 12.1. The Bertz CT molecular complexity index is 1160. The normalized spacial score (nSPS) is 45.9. The maximum Gasteiger partial charge on any atom is 0.303 e. The summed E-state index contributed by atoms with van der Waals surface area (Å²) in [5, 5.41) is 23.9. The van der Waals surface area contributed by atoms with E-state index < -0.39 is 94.0 Å². The SMILES string of the molecule is C=C1[C@@H]2[C@H](OC(C)=O)[C@@H]3CC(=O)[C@@]4(C)OC[C@]3(C)[C@@]4(O)[C@@H](OC(C)=O)[C@H](OC(C)=O)[C@]2(C)[C@@H](OC(C)=O)C[C@@H]1O. The van der Waals surface area contributed by atoms with Crippen LogP contribution in [-0.4, -0.2) is 88.2 Å². The van der Waals surface area contributed by atoms with Crippen molar-refractivity contribution in [1.29, 1.82) is 0 Å². The molecule has 1 heterocycles. The lowest BCUT2D eigenvalue weighted by Gasteiger charge is -2.64. The number of carbonyl (C=O) groups excluding carboxylic acids is 5. The van der Waals surface area contributed by atoms with E-state index in [0.29, 0.717) is 0 Å². The van der Waals surface area contributed by atoms with Crippen molar-refractivity contribution in [2.24, 2.45) is 22.7 Å². The first-order chi connectivity index (χ1) is 18.4. The van der Waals surface area contributed by atoms with Crippen molar-refractivity contribution in [3.8, 4) is 0 Å². The van der Waals surface area contributed by atoms with Gasteiger partial charge in [-0.2, -0.15) is 0 Å². The highest BCUT2D eigenvalue weighted by Gasteiger charge is 2.82. The fraction of sp³-hybridized carbons (Fsp3) is 0.750. The molecule has 0 radical (unpaired) electrons. The highest BCUT2D eigenvalue weighted by molar-refractivity contribution is 5.91. The molecule has 40 heavy (non-hydrogen) atoms. The molecule has 3 saturated carbocycles. The fourth-order valence-electron chi connectivity index (χ4n) is 7.97. The van der Waals surface area contributed by atoms with Gasteiger partial charge in [-0.25, -0.2) is 0 Å². The van der Waals surface area contributed by atoms with Crippen LogP contribution < -0.4 is 0 Å². The van der Waals surface area contributed by atoms with Crippen molar-refractivity contribution in [2.45, 2.75) is 103 Å². The fourth-order valence-corrected chi connectivity index (χ4v) is 7.97. The van der Waals surface area contributed by atoms with E-state index in [0.717, 1.165) is 13.8 Å². The quantitative estimate of drug-likeness (QED) is 0.279. The molecule has 1 saturated heterocycles. The summed E-state index contributed by atoms with van der Waals surface area (Å²) in [6.07, 6.45) is -7.28. The standard InChI is InChI=1S/C28H38O12/c1-12-18(33)10-20(37-13(2)29)26(7)21(12)22(38-14(3)30)17-9-19(34)27(8)28(35,25(17,6)11-36-27)24(40-16(5)32)23(26)39-15(4)31/h17-18,20-24,33,35H,1,9-11H2,2-8H3/t17-,18-,20-,21+,22+,23-,24-,25-,26+,27+,28-/m0/s1. The summed E-state index contributed by atoms with van der Waals surface area (Å²) < 4.78 is 29.3. The van der Waals surface area contributed by atoms with Gasteiger partial charge in [0.2, 0.25) is 0 Å². The maximum atomic E-state index is 13.8. The number of hydrogen-bond donors (Lipinski definition) is 2. The zero-order valence-electron chi connectivity index (χ0n) is 23.8. The van der Waals surface area contributed by atoms with Crippen LogP contribution in [0.1, 0.15) is 61.3 Å². The van der Waals surface area contributed by atoms with Gasteiger partial charge in [-0.05, 0) is 12.5 Å². The summed E-state index contributed by atoms with van der Waals surface area (Å²) in [5.74, 6) is -5.63. The van der Waals surface area contributed by atoms with E-state index in [-0.39, 0.29) is 25.0 Å². The number of rotatable bonds is 4. The van der Waals surface area contributed by atoms with Crippen LogP contribution in [-0.2, 0) is 47.7 Å². The number of fused-ring (bicyclic) bond motifs is 1. The number of esters is 4. The number of carbonyl (C=O) groups is 5. The maximum absolute atomic E-state index is 13.8. The Morgan fingerprint density at radius 3 is 1.95 bits per heavy atom. The smallest absolute Gasteiger partial charge is 0.303 e. The molecular weight excluding hydrogens is 528 g/mol. The van der Waals surface area contributed by atoms with Crippen molar-refractivity contribution in [1.82, 2.24) is 0 Å². The third-order valence-corrected chi connectivity index (χ3v) is 9.86. The molecule has 4 aliphatic rings. The third-order valence-electron chi connectivity index (χ3n) is 9.86. The first kappa shape index (κ1) is 30.1. The Morgan fingerprint density at radius 2 is 1.43 bits per heavy atom. The van der Waals surface area contributed by atoms with Crippen LogP contribution in [0, 0.1) is 22.7 Å². The van der Waals surface area contributed by atoms with Crippen LogP contribution in [0.15, 0.2) is 12.2 Å². The molecule has 3 aliphatic carbocycles. The molecule has 11 atom stereocenters. The summed E-state index contributed by atoms with van der Waals surface area (Å²) in [4.78, 5) is 63.9. The van der Waals surface area contributed by atoms with E-state index >= 15 is 0 Å². The average molecular weight is 567 g/mol. The van der Waals surface area contributed by atoms with Crippen LogP contribution in [0.25, 0.3) is 0 Å². The van der Waals surface area contributed by atoms with Crippen LogP contribution in [0.3, 0.4) is 0 Å². The largest absolute Gasteiger partial charge is 0.462 e. The van der Waals surface area contributed by atoms with Gasteiger partial charge in [-0.3, -0.25) is 24.0 Å². The average Bonchev–Trinajstić information content (AvgIpc) is 2.96. The van der Waals surface area contributed by atoms with Crippen LogP contribution in [0.2, 0.25) is 0 Å². The lowest BCUT2D eigenvalue weighted by atomic mass is 9.44. The van der Waals surface area contributed by atoms with Gasteiger partial charge in [0.05, 0.1) is 18.1 Å². The molecule has 12 heteroatoms. The van der Waals surface area contributed by atoms with E-state index in [1.54, 1.807) is 13.8 Å². The molecule has 4 bridgehead atoms. The minimum atomic E-state index is -2.30. The number of ether oxygens (including phenoxy) is 5. The van der Waals surface area contributed by atoms with E-state index in [1.165, 1.54) is 20.8 Å². The lowest BCUT2D eigenvalue weighted by Crippen LogP contribution is -2.80. The number of ketones is 1. The summed E-state index contributed by atoms with van der Waals surface area (Å²) in [6.45, 7) is 13.1. The molecule has 0 amide bonds. The van der Waals surface area contributed by atoms with Gasteiger partial charge in [-0.1, -0.05) is 20.4 Å². The van der Waals surface area contributed by atoms with Crippen molar-refractivity contribution in [3.63, 3.8) is 0 Å². The molecule has 12 nitrogen and oxygen atoms in total. The van der Waals surface area contributed by atoms with Gasteiger partial charge in [0.25, 0.3) is 0 Å². The van der Waals surface area contributed by atoms with Gasteiger partial charge >= 0.3 is 23.9 Å². The Labute approximate surface area is 232 Å². The number of hydrogen-bond acceptors (Lipinski definition) is 12. The van der Waals surface area contributed by atoms with E-state index in [4.69, 9.17) is 23.7 Å². The second kappa shape index (κ2) is 9.63. The molecule has 0 aromatic carbocycles. The third kappa shape index (κ3) is 3.93. The van der Waals surface area contributed by atoms with Crippen LogP contribution in [0.4, 0.5) is 0 Å². The molecular formula is C28H38O12. The molecule has 2 N–H and O–H groups in total.